The van der Waals surface area contributed by atoms with E-state index in [0.717, 1.165) is 24.3 Å². The second-order valence-electron chi connectivity index (χ2n) is 8.37. The summed E-state index contributed by atoms with van der Waals surface area (Å²) in [5, 5.41) is 3.23. The molecule has 0 aromatic rings. The summed E-state index contributed by atoms with van der Waals surface area (Å²) in [6.07, 6.45) is 9.65. The number of ether oxygens (including phenoxy) is 1. The Hall–Kier alpha value is -0.610. The Balaban J connectivity index is 1.39. The summed E-state index contributed by atoms with van der Waals surface area (Å²) in [6, 6.07) is 0. The highest BCUT2D eigenvalue weighted by Crippen LogP contribution is 2.59. The zero-order valence-corrected chi connectivity index (χ0v) is 12.9. The second kappa shape index (κ2) is 4.95. The first kappa shape index (κ1) is 14.0. The van der Waals surface area contributed by atoms with E-state index in [1.54, 1.807) is 0 Å². The number of amides is 1. The Labute approximate surface area is 127 Å². The topological polar surface area (TPSA) is 64.4 Å². The van der Waals surface area contributed by atoms with Crippen molar-refractivity contribution in [2.24, 2.45) is 28.9 Å². The second-order valence-corrected chi connectivity index (χ2v) is 8.37. The van der Waals surface area contributed by atoms with Crippen LogP contribution in [-0.2, 0) is 9.53 Å². The molecule has 1 heterocycles. The highest BCUT2D eigenvalue weighted by atomic mass is 16.5. The summed E-state index contributed by atoms with van der Waals surface area (Å²) in [5.74, 6) is 2.86. The van der Waals surface area contributed by atoms with Gasteiger partial charge in [-0.1, -0.05) is 0 Å². The summed E-state index contributed by atoms with van der Waals surface area (Å²) < 4.78 is 5.33. The third-order valence-electron chi connectivity index (χ3n) is 6.63. The third-order valence-corrected chi connectivity index (χ3v) is 6.63. The van der Waals surface area contributed by atoms with Crippen molar-refractivity contribution in [3.05, 3.63) is 0 Å². The van der Waals surface area contributed by atoms with Gasteiger partial charge in [0.05, 0.1) is 5.54 Å². The molecule has 3 N–H and O–H groups in total. The van der Waals surface area contributed by atoms with Gasteiger partial charge in [0.25, 0.3) is 0 Å². The molecule has 0 radical (unpaired) electrons. The van der Waals surface area contributed by atoms with Crippen LogP contribution in [0.1, 0.15) is 51.4 Å². The van der Waals surface area contributed by atoms with Gasteiger partial charge in [-0.2, -0.15) is 0 Å². The summed E-state index contributed by atoms with van der Waals surface area (Å²) in [6.45, 7) is 2.08. The van der Waals surface area contributed by atoms with Crippen LogP contribution in [0.5, 0.6) is 0 Å². The van der Waals surface area contributed by atoms with Crippen LogP contribution in [0, 0.1) is 23.2 Å². The van der Waals surface area contributed by atoms with Gasteiger partial charge in [-0.05, 0) is 74.5 Å². The van der Waals surface area contributed by atoms with E-state index < -0.39 is 5.54 Å². The monoisotopic (exact) mass is 292 g/mol. The van der Waals surface area contributed by atoms with Gasteiger partial charge in [0.1, 0.15) is 0 Å². The number of carbonyl (C=O) groups is 1. The molecule has 5 rings (SSSR count). The molecule has 4 bridgehead atoms. The number of rotatable bonds is 3. The maximum atomic E-state index is 12.5. The molecule has 0 atom stereocenters. The van der Waals surface area contributed by atoms with Crippen LogP contribution in [0.2, 0.25) is 0 Å². The quantitative estimate of drug-likeness (QED) is 0.834. The molecule has 0 aromatic carbocycles. The number of hydrogen-bond donors (Lipinski definition) is 2. The fraction of sp³-hybridized carbons (Fsp3) is 0.941. The highest BCUT2D eigenvalue weighted by molar-refractivity contribution is 5.86. The highest BCUT2D eigenvalue weighted by Gasteiger charge is 2.51. The van der Waals surface area contributed by atoms with E-state index in [9.17, 15) is 4.79 Å². The molecule has 1 saturated heterocycles. The molecule has 118 valence electrons. The molecular formula is C17H28N2O2. The maximum Gasteiger partial charge on any atom is 0.240 e. The summed E-state index contributed by atoms with van der Waals surface area (Å²) in [5.41, 5.74) is 5.99. The molecule has 4 saturated carbocycles. The molecule has 21 heavy (non-hydrogen) atoms. The minimum absolute atomic E-state index is 0.0570. The molecule has 0 aromatic heterocycles. The van der Waals surface area contributed by atoms with Gasteiger partial charge in [-0.15, -0.1) is 0 Å². The Bertz CT molecular complexity index is 393. The van der Waals surface area contributed by atoms with Crippen LogP contribution >= 0.6 is 0 Å². The van der Waals surface area contributed by atoms with E-state index in [1.165, 1.54) is 38.5 Å². The van der Waals surface area contributed by atoms with Gasteiger partial charge < -0.3 is 15.8 Å². The van der Waals surface area contributed by atoms with Crippen molar-refractivity contribution in [1.82, 2.24) is 5.32 Å². The van der Waals surface area contributed by atoms with Crippen LogP contribution < -0.4 is 11.1 Å². The predicted octanol–water partition coefficient (Wildman–Crippen LogP) is 1.83. The van der Waals surface area contributed by atoms with Crippen molar-refractivity contribution < 1.29 is 9.53 Å². The van der Waals surface area contributed by atoms with Crippen molar-refractivity contribution >= 4 is 5.91 Å². The zero-order chi connectivity index (χ0) is 14.5. The van der Waals surface area contributed by atoms with Crippen molar-refractivity contribution in [2.45, 2.75) is 56.9 Å². The van der Waals surface area contributed by atoms with Crippen LogP contribution in [0.25, 0.3) is 0 Å². The zero-order valence-electron chi connectivity index (χ0n) is 12.9. The van der Waals surface area contributed by atoms with Crippen molar-refractivity contribution in [1.29, 1.82) is 0 Å². The molecule has 4 aliphatic carbocycles. The SMILES string of the molecule is NC1(C(=O)NCC23CC4CC(CC(C4)C2)C3)CCOCC1. The van der Waals surface area contributed by atoms with Crippen LogP contribution in [0.3, 0.4) is 0 Å². The normalized spacial score (nSPS) is 43.8. The number of hydrogen-bond acceptors (Lipinski definition) is 3. The summed E-state index contributed by atoms with van der Waals surface area (Å²) in [7, 11) is 0. The number of nitrogens with two attached hydrogens (primary N) is 1. The van der Waals surface area contributed by atoms with E-state index >= 15 is 0 Å². The lowest BCUT2D eigenvalue weighted by atomic mass is 9.49. The average Bonchev–Trinajstić information content (AvgIpc) is 2.44. The fourth-order valence-electron chi connectivity index (χ4n) is 5.91. The van der Waals surface area contributed by atoms with Gasteiger partial charge in [0.15, 0.2) is 0 Å². The number of nitrogens with one attached hydrogen (secondary N) is 1. The lowest BCUT2D eigenvalue weighted by Gasteiger charge is -2.57. The standard InChI is InChI=1S/C17H28N2O2/c18-17(1-3-21-4-2-17)15(20)19-11-16-8-12-5-13(9-16)7-14(6-12)10-16/h12-14H,1-11,18H2,(H,19,20). The minimum atomic E-state index is -0.694. The largest absolute Gasteiger partial charge is 0.381 e. The number of carbonyl (C=O) groups excluding carboxylic acids is 1. The van der Waals surface area contributed by atoms with Gasteiger partial charge in [0.2, 0.25) is 5.91 Å². The first-order valence-corrected chi connectivity index (χ1v) is 8.72. The predicted molar refractivity (Wildman–Crippen MR) is 80.6 cm³/mol. The molecule has 1 aliphatic heterocycles. The average molecular weight is 292 g/mol. The van der Waals surface area contributed by atoms with Gasteiger partial charge in [-0.25, -0.2) is 0 Å². The summed E-state index contributed by atoms with van der Waals surface area (Å²) in [4.78, 5) is 12.5. The molecule has 4 heteroatoms. The maximum absolute atomic E-state index is 12.5. The fourth-order valence-corrected chi connectivity index (χ4v) is 5.91. The molecule has 1 amide bonds. The Morgan fingerprint density at radius 2 is 1.57 bits per heavy atom. The Morgan fingerprint density at radius 3 is 2.10 bits per heavy atom. The first-order chi connectivity index (χ1) is 10.1. The molecule has 5 fully saturated rings. The lowest BCUT2D eigenvalue weighted by Crippen LogP contribution is -2.59. The van der Waals surface area contributed by atoms with Crippen molar-refractivity contribution in [3.63, 3.8) is 0 Å². The van der Waals surface area contributed by atoms with E-state index in [-0.39, 0.29) is 5.91 Å². The molecular weight excluding hydrogens is 264 g/mol. The molecule has 5 aliphatic rings. The summed E-state index contributed by atoms with van der Waals surface area (Å²) >= 11 is 0. The van der Waals surface area contributed by atoms with Crippen molar-refractivity contribution in [3.8, 4) is 0 Å². The van der Waals surface area contributed by atoms with Gasteiger partial charge in [-0.3, -0.25) is 4.79 Å². The Kier molecular flexibility index (Phi) is 3.30. The molecule has 0 unspecified atom stereocenters. The third kappa shape index (κ3) is 2.50. The van der Waals surface area contributed by atoms with E-state index in [1.807, 2.05) is 0 Å². The minimum Gasteiger partial charge on any atom is -0.381 e. The lowest BCUT2D eigenvalue weighted by molar-refractivity contribution is -0.131. The van der Waals surface area contributed by atoms with Crippen LogP contribution in [0.15, 0.2) is 0 Å². The van der Waals surface area contributed by atoms with E-state index in [0.29, 0.717) is 31.5 Å². The van der Waals surface area contributed by atoms with Crippen LogP contribution in [0.4, 0.5) is 0 Å². The molecule has 4 nitrogen and oxygen atoms in total. The first-order valence-electron chi connectivity index (χ1n) is 8.72. The van der Waals surface area contributed by atoms with Crippen molar-refractivity contribution in [2.75, 3.05) is 19.8 Å². The molecule has 0 spiro atoms. The van der Waals surface area contributed by atoms with E-state index in [2.05, 4.69) is 5.32 Å². The Morgan fingerprint density at radius 1 is 1.05 bits per heavy atom. The van der Waals surface area contributed by atoms with E-state index in [4.69, 9.17) is 10.5 Å². The van der Waals surface area contributed by atoms with Gasteiger partial charge >= 0.3 is 0 Å². The van der Waals surface area contributed by atoms with Gasteiger partial charge in [0, 0.05) is 19.8 Å². The van der Waals surface area contributed by atoms with Crippen LogP contribution in [-0.4, -0.2) is 31.2 Å². The smallest absolute Gasteiger partial charge is 0.240 e.